The van der Waals surface area contributed by atoms with E-state index < -0.39 is 0 Å². The van der Waals surface area contributed by atoms with Crippen LogP contribution < -0.4 is 5.69 Å². The topological polar surface area (TPSA) is 83.9 Å². The lowest BCUT2D eigenvalue weighted by Gasteiger charge is -2.41. The van der Waals surface area contributed by atoms with Gasteiger partial charge in [-0.3, -0.25) is 9.78 Å². The highest BCUT2D eigenvalue weighted by molar-refractivity contribution is 7.09. The Morgan fingerprint density at radius 1 is 1.22 bits per heavy atom. The molecule has 8 heteroatoms. The maximum Gasteiger partial charge on any atom is 0.343 e. The summed E-state index contributed by atoms with van der Waals surface area (Å²) in [4.78, 5) is 33.4. The van der Waals surface area contributed by atoms with E-state index in [2.05, 4.69) is 27.6 Å². The molecule has 0 radical (unpaired) electrons. The Morgan fingerprint density at radius 3 is 2.48 bits per heavy atom. The fraction of sp³-hybridized carbons (Fsp3) is 0.368. The Balaban J connectivity index is 1.62. The number of amides is 1. The standard InChI is InChI=1S/C19H21N5O2S/c1-13-20-15(12-27-13)19(14-6-4-3-5-7-14)8-10-24(11-9-19)17(25)16-21-18(26)23(2)22-16/h3-7,12H,8-11H2,1-2H3,(H,21,22,26). The molecule has 1 aliphatic heterocycles. The van der Waals surface area contributed by atoms with E-state index in [4.69, 9.17) is 4.98 Å². The third-order valence-electron chi connectivity index (χ3n) is 5.31. The first-order valence-electron chi connectivity index (χ1n) is 8.90. The number of hydrogen-bond donors (Lipinski definition) is 1. The number of nitrogens with zero attached hydrogens (tertiary/aromatic N) is 4. The van der Waals surface area contributed by atoms with E-state index in [0.29, 0.717) is 13.1 Å². The molecule has 1 saturated heterocycles. The van der Waals surface area contributed by atoms with Gasteiger partial charge in [0.25, 0.3) is 5.91 Å². The number of carbonyl (C=O) groups is 1. The SMILES string of the molecule is Cc1nc(C2(c3ccccc3)CCN(C(=O)c3nn(C)c(=O)[nH]3)CC2)cs1. The summed E-state index contributed by atoms with van der Waals surface area (Å²) in [5.41, 5.74) is 1.73. The van der Waals surface area contributed by atoms with Gasteiger partial charge in [0.05, 0.1) is 10.7 Å². The van der Waals surface area contributed by atoms with Crippen LogP contribution in [0, 0.1) is 6.92 Å². The van der Waals surface area contributed by atoms with Crippen molar-refractivity contribution in [3.8, 4) is 0 Å². The maximum absolute atomic E-state index is 12.7. The fourth-order valence-corrected chi connectivity index (χ4v) is 4.48. The predicted octanol–water partition coefficient (Wildman–Crippen LogP) is 2.10. The van der Waals surface area contributed by atoms with Crippen LogP contribution in [0.2, 0.25) is 0 Å². The third-order valence-corrected chi connectivity index (χ3v) is 6.09. The Kier molecular flexibility index (Phi) is 4.43. The van der Waals surface area contributed by atoms with Crippen molar-refractivity contribution in [2.45, 2.75) is 25.2 Å². The van der Waals surface area contributed by atoms with E-state index in [-0.39, 0.29) is 22.8 Å². The number of hydrogen-bond acceptors (Lipinski definition) is 5. The first-order valence-corrected chi connectivity index (χ1v) is 9.78. The number of benzene rings is 1. The van der Waals surface area contributed by atoms with Gasteiger partial charge in [-0.15, -0.1) is 16.4 Å². The molecule has 3 aromatic rings. The van der Waals surface area contributed by atoms with Crippen molar-refractivity contribution in [3.05, 3.63) is 68.3 Å². The number of likely N-dealkylation sites (tertiary alicyclic amines) is 1. The van der Waals surface area contributed by atoms with E-state index >= 15 is 0 Å². The van der Waals surface area contributed by atoms with Crippen LogP contribution in [0.5, 0.6) is 0 Å². The van der Waals surface area contributed by atoms with Gasteiger partial charge in [0, 0.05) is 30.9 Å². The second-order valence-corrected chi connectivity index (χ2v) is 7.96. The van der Waals surface area contributed by atoms with Gasteiger partial charge in [-0.1, -0.05) is 30.3 Å². The van der Waals surface area contributed by atoms with Gasteiger partial charge < -0.3 is 4.90 Å². The molecule has 0 saturated carbocycles. The van der Waals surface area contributed by atoms with E-state index in [0.717, 1.165) is 28.2 Å². The van der Waals surface area contributed by atoms with Crippen LogP contribution >= 0.6 is 11.3 Å². The summed E-state index contributed by atoms with van der Waals surface area (Å²) in [5.74, 6) is -0.136. The fourth-order valence-electron chi connectivity index (χ4n) is 3.77. The van der Waals surface area contributed by atoms with Gasteiger partial charge in [0.15, 0.2) is 0 Å². The first kappa shape index (κ1) is 17.7. The molecule has 1 aliphatic rings. The summed E-state index contributed by atoms with van der Waals surface area (Å²) in [5, 5.41) is 7.17. The second kappa shape index (κ2) is 6.77. The summed E-state index contributed by atoms with van der Waals surface area (Å²) >= 11 is 1.66. The number of carbonyl (C=O) groups excluding carboxylic acids is 1. The minimum atomic E-state index is -0.382. The molecule has 1 N–H and O–H groups in total. The zero-order valence-electron chi connectivity index (χ0n) is 15.3. The Morgan fingerprint density at radius 2 is 1.93 bits per heavy atom. The highest BCUT2D eigenvalue weighted by Gasteiger charge is 2.41. The molecule has 4 rings (SSSR count). The molecular formula is C19H21N5O2S. The van der Waals surface area contributed by atoms with E-state index in [1.165, 1.54) is 12.6 Å². The van der Waals surface area contributed by atoms with E-state index in [1.807, 2.05) is 25.1 Å². The lowest BCUT2D eigenvalue weighted by atomic mass is 9.70. The smallest absolute Gasteiger partial charge is 0.336 e. The molecule has 0 aliphatic carbocycles. The van der Waals surface area contributed by atoms with Crippen molar-refractivity contribution in [1.82, 2.24) is 24.6 Å². The molecule has 7 nitrogen and oxygen atoms in total. The Bertz CT molecular complexity index is 1010. The van der Waals surface area contributed by atoms with Crippen LogP contribution in [0.1, 0.15) is 39.7 Å². The van der Waals surface area contributed by atoms with Gasteiger partial charge in [-0.25, -0.2) is 14.5 Å². The largest absolute Gasteiger partial charge is 0.343 e. The summed E-state index contributed by atoms with van der Waals surface area (Å²) in [6.45, 7) is 3.19. The van der Waals surface area contributed by atoms with E-state index in [9.17, 15) is 9.59 Å². The molecule has 0 atom stereocenters. The molecule has 1 fully saturated rings. The maximum atomic E-state index is 12.7. The Hall–Kier alpha value is -2.74. The van der Waals surface area contributed by atoms with Crippen molar-refractivity contribution in [2.24, 2.45) is 7.05 Å². The molecule has 3 heterocycles. The number of aromatic amines is 1. The molecule has 1 aromatic carbocycles. The molecule has 0 bridgehead atoms. The summed E-state index contributed by atoms with van der Waals surface area (Å²) in [7, 11) is 1.52. The second-order valence-electron chi connectivity index (χ2n) is 6.89. The van der Waals surface area contributed by atoms with Crippen LogP contribution in [-0.4, -0.2) is 43.6 Å². The van der Waals surface area contributed by atoms with Crippen LogP contribution in [0.15, 0.2) is 40.5 Å². The number of thiazole rings is 1. The lowest BCUT2D eigenvalue weighted by Crippen LogP contribution is -2.46. The zero-order valence-corrected chi connectivity index (χ0v) is 16.1. The molecule has 2 aromatic heterocycles. The molecule has 0 unspecified atom stereocenters. The highest BCUT2D eigenvalue weighted by Crippen LogP contribution is 2.42. The quantitative estimate of drug-likeness (QED) is 0.751. The van der Waals surface area contributed by atoms with Crippen LogP contribution in [-0.2, 0) is 12.5 Å². The zero-order chi connectivity index (χ0) is 19.0. The average Bonchev–Trinajstić information content (AvgIpc) is 3.28. The predicted molar refractivity (Wildman–Crippen MR) is 103 cm³/mol. The number of piperidine rings is 1. The minimum absolute atomic E-state index is 0.0965. The van der Waals surface area contributed by atoms with Gasteiger partial charge in [-0.2, -0.15) is 0 Å². The van der Waals surface area contributed by atoms with Crippen LogP contribution in [0.3, 0.4) is 0 Å². The molecular weight excluding hydrogens is 362 g/mol. The van der Waals surface area contributed by atoms with Crippen LogP contribution in [0.4, 0.5) is 0 Å². The van der Waals surface area contributed by atoms with E-state index in [1.54, 1.807) is 16.2 Å². The van der Waals surface area contributed by atoms with Crippen molar-refractivity contribution in [1.29, 1.82) is 0 Å². The monoisotopic (exact) mass is 383 g/mol. The van der Waals surface area contributed by atoms with Gasteiger partial charge >= 0.3 is 5.69 Å². The highest BCUT2D eigenvalue weighted by atomic mass is 32.1. The lowest BCUT2D eigenvalue weighted by molar-refractivity contribution is 0.0671. The molecule has 0 spiro atoms. The van der Waals surface area contributed by atoms with Crippen LogP contribution in [0.25, 0.3) is 0 Å². The third kappa shape index (κ3) is 3.10. The molecule has 140 valence electrons. The van der Waals surface area contributed by atoms with Crippen molar-refractivity contribution in [2.75, 3.05) is 13.1 Å². The average molecular weight is 383 g/mol. The first-order chi connectivity index (χ1) is 13.0. The normalized spacial score (nSPS) is 16.4. The summed E-state index contributed by atoms with van der Waals surface area (Å²) < 4.78 is 1.14. The van der Waals surface area contributed by atoms with Gasteiger partial charge in [0.1, 0.15) is 0 Å². The van der Waals surface area contributed by atoms with Gasteiger partial charge in [-0.05, 0) is 25.3 Å². The number of H-pyrrole nitrogens is 1. The van der Waals surface area contributed by atoms with Gasteiger partial charge in [0.2, 0.25) is 5.82 Å². The number of aryl methyl sites for hydroxylation is 2. The van der Waals surface area contributed by atoms with Crippen molar-refractivity contribution >= 4 is 17.2 Å². The molecule has 27 heavy (non-hydrogen) atoms. The summed E-state index contributed by atoms with van der Waals surface area (Å²) in [6.07, 6.45) is 1.56. The number of nitrogens with one attached hydrogen (secondary N) is 1. The van der Waals surface area contributed by atoms with Crippen molar-refractivity contribution in [3.63, 3.8) is 0 Å². The Labute approximate surface area is 160 Å². The molecule has 1 amide bonds. The minimum Gasteiger partial charge on any atom is -0.336 e. The summed E-state index contributed by atoms with van der Waals surface area (Å²) in [6, 6.07) is 10.4. The number of aromatic nitrogens is 4. The number of rotatable bonds is 3. The van der Waals surface area contributed by atoms with Crippen molar-refractivity contribution < 1.29 is 4.79 Å².